The van der Waals surface area contributed by atoms with Crippen LogP contribution in [0.15, 0.2) is 24.3 Å². The van der Waals surface area contributed by atoms with Crippen LogP contribution in [-0.2, 0) is 22.2 Å². The van der Waals surface area contributed by atoms with Gasteiger partial charge >= 0.3 is 59.1 Å². The van der Waals surface area contributed by atoms with Crippen LogP contribution in [0.1, 0.15) is 0 Å². The second-order valence-electron chi connectivity index (χ2n) is 2.47. The summed E-state index contributed by atoms with van der Waals surface area (Å²) in [4.78, 5) is 0. The van der Waals surface area contributed by atoms with Gasteiger partial charge in [0.05, 0.1) is 5.75 Å². The van der Waals surface area contributed by atoms with Crippen LogP contribution in [0.2, 0.25) is 0 Å². The van der Waals surface area contributed by atoms with E-state index < -0.39 is 22.2 Å². The SMILES string of the molecule is O=S([O-])C/C=C\CSSC/C=C\CS(=O)O.[Na+].[Na+]. The first-order chi connectivity index (χ1) is 7.63. The molecule has 2 atom stereocenters. The predicted octanol–water partition coefficient (Wildman–Crippen LogP) is -4.41. The fraction of sp³-hybridized carbons (Fsp3) is 0.500. The second kappa shape index (κ2) is 19.4. The Morgan fingerprint density at radius 2 is 1.39 bits per heavy atom. The summed E-state index contributed by atoms with van der Waals surface area (Å²) in [6.07, 6.45) is 6.92. The Bertz CT molecular complexity index is 258. The quantitative estimate of drug-likeness (QED) is 0.149. The van der Waals surface area contributed by atoms with Crippen LogP contribution in [0.3, 0.4) is 0 Å². The molecule has 0 rings (SSSR count). The largest absolute Gasteiger partial charge is 1.00 e. The van der Waals surface area contributed by atoms with Crippen LogP contribution < -0.4 is 59.1 Å². The normalized spacial score (nSPS) is 14.1. The van der Waals surface area contributed by atoms with Gasteiger partial charge in [-0.2, -0.15) is 0 Å². The van der Waals surface area contributed by atoms with Crippen molar-refractivity contribution in [3.8, 4) is 0 Å². The monoisotopic (exact) mass is 347 g/mol. The zero-order valence-corrected chi connectivity index (χ0v) is 17.7. The molecular formula is C8H13Na2O4S4+. The van der Waals surface area contributed by atoms with E-state index in [4.69, 9.17) is 4.55 Å². The molecule has 0 aromatic heterocycles. The van der Waals surface area contributed by atoms with Crippen molar-refractivity contribution in [1.29, 1.82) is 0 Å². The van der Waals surface area contributed by atoms with Crippen LogP contribution >= 0.6 is 21.6 Å². The van der Waals surface area contributed by atoms with Gasteiger partial charge in [0.2, 0.25) is 0 Å². The van der Waals surface area contributed by atoms with Gasteiger partial charge in [-0.05, 0) is 0 Å². The average Bonchev–Trinajstić information content (AvgIpc) is 2.20. The minimum Gasteiger partial charge on any atom is -0.772 e. The Balaban J connectivity index is -0.00000112. The van der Waals surface area contributed by atoms with Gasteiger partial charge in [-0.25, -0.2) is 4.21 Å². The van der Waals surface area contributed by atoms with E-state index in [1.54, 1.807) is 39.8 Å². The van der Waals surface area contributed by atoms with Crippen molar-refractivity contribution in [2.45, 2.75) is 0 Å². The van der Waals surface area contributed by atoms with Crippen molar-refractivity contribution >= 4 is 43.7 Å². The zero-order valence-electron chi connectivity index (χ0n) is 10.4. The maximum Gasteiger partial charge on any atom is 1.00 e. The molecule has 1 N–H and O–H groups in total. The van der Waals surface area contributed by atoms with Gasteiger partial charge in [0.25, 0.3) is 0 Å². The summed E-state index contributed by atoms with van der Waals surface area (Å²) < 4.78 is 39.0. The molecule has 0 aliphatic heterocycles. The Hall–Kier alpha value is 2.40. The van der Waals surface area contributed by atoms with Crippen LogP contribution in [0.4, 0.5) is 0 Å². The molecule has 0 aliphatic rings. The average molecular weight is 347 g/mol. The molecule has 18 heavy (non-hydrogen) atoms. The molecule has 4 nitrogen and oxygen atoms in total. The first-order valence-electron chi connectivity index (χ1n) is 4.30. The number of rotatable bonds is 9. The molecule has 0 bridgehead atoms. The first-order valence-corrected chi connectivity index (χ1v) is 9.31. The van der Waals surface area contributed by atoms with Crippen molar-refractivity contribution in [3.63, 3.8) is 0 Å². The Labute approximate surface area is 165 Å². The summed E-state index contributed by atoms with van der Waals surface area (Å²) in [5.74, 6) is 1.75. The van der Waals surface area contributed by atoms with Crippen LogP contribution in [0.5, 0.6) is 0 Å². The van der Waals surface area contributed by atoms with Crippen molar-refractivity contribution < 1.29 is 76.6 Å². The van der Waals surface area contributed by atoms with E-state index in [2.05, 4.69) is 0 Å². The van der Waals surface area contributed by atoms with E-state index in [0.717, 1.165) is 11.5 Å². The molecule has 0 amide bonds. The maximum absolute atomic E-state index is 10.2. The molecule has 0 saturated heterocycles. The van der Waals surface area contributed by atoms with Gasteiger partial charge in [-0.3, -0.25) is 4.21 Å². The molecule has 0 heterocycles. The predicted molar refractivity (Wildman–Crippen MR) is 72.6 cm³/mol. The molecule has 0 saturated carbocycles. The van der Waals surface area contributed by atoms with E-state index in [-0.39, 0.29) is 70.6 Å². The summed E-state index contributed by atoms with van der Waals surface area (Å²) in [5.41, 5.74) is 0. The third-order valence-corrected chi connectivity index (χ3v) is 4.30. The minimum atomic E-state index is -2.00. The van der Waals surface area contributed by atoms with E-state index in [1.807, 2.05) is 6.08 Å². The molecule has 94 valence electrons. The molecular weight excluding hydrogens is 334 g/mol. The molecule has 2 unspecified atom stereocenters. The van der Waals surface area contributed by atoms with Crippen molar-refractivity contribution in [3.05, 3.63) is 24.3 Å². The van der Waals surface area contributed by atoms with Crippen LogP contribution in [-0.4, -0.2) is 40.5 Å². The minimum absolute atomic E-state index is 0. The van der Waals surface area contributed by atoms with Crippen molar-refractivity contribution in [2.24, 2.45) is 0 Å². The first kappa shape index (κ1) is 25.4. The maximum atomic E-state index is 10.2. The molecule has 0 aromatic rings. The standard InChI is InChI=1S/C8H14O4S4.2Na/c9-15(10)7-3-1-5-13-14-6-2-4-8-16(11)12;;/h1-4H,5-8H2,(H,9,10)(H,11,12);;/q;2*+1/p-1/b3-1-,4-2-;;. The molecule has 10 heteroatoms. The van der Waals surface area contributed by atoms with Gasteiger partial charge in [0, 0.05) is 17.3 Å². The van der Waals surface area contributed by atoms with Gasteiger partial charge in [-0.15, -0.1) is 0 Å². The zero-order chi connectivity index (χ0) is 12.2. The van der Waals surface area contributed by atoms with Gasteiger partial charge in [0.15, 0.2) is 11.1 Å². The van der Waals surface area contributed by atoms with E-state index in [9.17, 15) is 13.0 Å². The Morgan fingerprint density at radius 1 is 0.944 bits per heavy atom. The molecule has 0 spiro atoms. The van der Waals surface area contributed by atoms with E-state index in [0.29, 0.717) is 0 Å². The summed E-state index contributed by atoms with van der Waals surface area (Å²) >= 11 is -3.75. The second-order valence-corrected chi connectivity index (χ2v) is 6.94. The van der Waals surface area contributed by atoms with Crippen molar-refractivity contribution in [2.75, 3.05) is 23.0 Å². The van der Waals surface area contributed by atoms with Crippen LogP contribution in [0.25, 0.3) is 0 Å². The Morgan fingerprint density at radius 3 is 1.78 bits per heavy atom. The fourth-order valence-corrected chi connectivity index (χ4v) is 2.87. The number of hydrogen-bond acceptors (Lipinski definition) is 5. The topological polar surface area (TPSA) is 77.4 Å². The van der Waals surface area contributed by atoms with E-state index in [1.165, 1.54) is 0 Å². The third-order valence-electron chi connectivity index (χ3n) is 1.22. The molecule has 0 radical (unpaired) electrons. The van der Waals surface area contributed by atoms with Crippen molar-refractivity contribution in [1.82, 2.24) is 0 Å². The van der Waals surface area contributed by atoms with Gasteiger partial charge in [-0.1, -0.05) is 57.0 Å². The Kier molecular flexibility index (Phi) is 27.3. The summed E-state index contributed by atoms with van der Waals surface area (Å²) in [6, 6.07) is 0. The molecule has 0 aromatic carbocycles. The van der Waals surface area contributed by atoms with Crippen LogP contribution in [0, 0.1) is 0 Å². The summed E-state index contributed by atoms with van der Waals surface area (Å²) in [5, 5.41) is 0. The summed E-state index contributed by atoms with van der Waals surface area (Å²) in [7, 11) is 3.21. The molecule has 0 fully saturated rings. The fourth-order valence-electron chi connectivity index (χ4n) is 0.608. The summed E-state index contributed by atoms with van der Waals surface area (Å²) in [6.45, 7) is 0. The third kappa shape index (κ3) is 23.5. The van der Waals surface area contributed by atoms with Gasteiger partial charge in [0.1, 0.15) is 0 Å². The number of hydrogen-bond donors (Lipinski definition) is 1. The van der Waals surface area contributed by atoms with Gasteiger partial charge < -0.3 is 9.11 Å². The molecule has 0 aliphatic carbocycles. The smallest absolute Gasteiger partial charge is 0.772 e. The van der Waals surface area contributed by atoms with E-state index >= 15 is 0 Å².